The zero-order chi connectivity index (χ0) is 15.2. The number of ether oxygens (including phenoxy) is 1. The quantitative estimate of drug-likeness (QED) is 0.659. The van der Waals surface area contributed by atoms with E-state index in [2.05, 4.69) is 26.5 Å². The molecule has 0 radical (unpaired) electrons. The largest absolute Gasteiger partial charge is 0.508 e. The summed E-state index contributed by atoms with van der Waals surface area (Å²) >= 11 is 3.32. The molecule has 2 rings (SSSR count). The fourth-order valence-corrected chi connectivity index (χ4v) is 2.14. The molecule has 2 aromatic carbocycles. The number of aromatic hydroxyl groups is 1. The lowest BCUT2D eigenvalue weighted by Gasteiger charge is -2.05. The summed E-state index contributed by atoms with van der Waals surface area (Å²) in [7, 11) is 1.56. The minimum Gasteiger partial charge on any atom is -0.508 e. The number of carbonyl (C=O) groups is 1. The van der Waals surface area contributed by atoms with Gasteiger partial charge in [0.15, 0.2) is 0 Å². The average Bonchev–Trinajstić information content (AvgIpc) is 2.49. The van der Waals surface area contributed by atoms with E-state index in [9.17, 15) is 4.79 Å². The Morgan fingerprint density at radius 2 is 2.00 bits per heavy atom. The molecule has 0 atom stereocenters. The van der Waals surface area contributed by atoms with E-state index in [0.717, 1.165) is 5.56 Å². The third-order valence-electron chi connectivity index (χ3n) is 2.69. The molecule has 0 heterocycles. The number of phenols is 1. The predicted molar refractivity (Wildman–Crippen MR) is 83.9 cm³/mol. The van der Waals surface area contributed by atoms with Gasteiger partial charge in [-0.3, -0.25) is 4.79 Å². The first-order valence-electron chi connectivity index (χ1n) is 6.06. The van der Waals surface area contributed by atoms with Gasteiger partial charge in [-0.05, 0) is 64.0 Å². The smallest absolute Gasteiger partial charge is 0.271 e. The zero-order valence-corrected chi connectivity index (χ0v) is 12.8. The third-order valence-corrected chi connectivity index (χ3v) is 3.31. The van der Waals surface area contributed by atoms with E-state index in [1.807, 2.05) is 0 Å². The van der Waals surface area contributed by atoms with Crippen LogP contribution in [-0.4, -0.2) is 24.3 Å². The summed E-state index contributed by atoms with van der Waals surface area (Å²) in [6.45, 7) is 0. The summed E-state index contributed by atoms with van der Waals surface area (Å²) in [4.78, 5) is 11.9. The monoisotopic (exact) mass is 348 g/mol. The average molecular weight is 349 g/mol. The maximum absolute atomic E-state index is 11.9. The van der Waals surface area contributed by atoms with Crippen molar-refractivity contribution in [3.05, 3.63) is 58.1 Å². The van der Waals surface area contributed by atoms with Gasteiger partial charge in [0.05, 0.1) is 17.8 Å². The van der Waals surface area contributed by atoms with Crippen LogP contribution in [0.15, 0.2) is 52.0 Å². The fourth-order valence-electron chi connectivity index (χ4n) is 1.60. The van der Waals surface area contributed by atoms with Gasteiger partial charge >= 0.3 is 0 Å². The van der Waals surface area contributed by atoms with Crippen LogP contribution in [0.1, 0.15) is 15.9 Å². The number of halogens is 1. The molecule has 0 fully saturated rings. The van der Waals surface area contributed by atoms with Gasteiger partial charge in [0, 0.05) is 5.56 Å². The van der Waals surface area contributed by atoms with E-state index in [-0.39, 0.29) is 11.7 Å². The van der Waals surface area contributed by atoms with Crippen molar-refractivity contribution in [3.63, 3.8) is 0 Å². The summed E-state index contributed by atoms with van der Waals surface area (Å²) < 4.78 is 5.79. The van der Waals surface area contributed by atoms with Crippen LogP contribution in [0.25, 0.3) is 0 Å². The lowest BCUT2D eigenvalue weighted by atomic mass is 10.2. The summed E-state index contributed by atoms with van der Waals surface area (Å²) in [5.41, 5.74) is 3.66. The molecule has 2 aromatic rings. The van der Waals surface area contributed by atoms with Gasteiger partial charge < -0.3 is 9.84 Å². The number of hydrogen-bond acceptors (Lipinski definition) is 4. The van der Waals surface area contributed by atoms with Crippen molar-refractivity contribution < 1.29 is 14.6 Å². The van der Waals surface area contributed by atoms with Crippen molar-refractivity contribution in [2.45, 2.75) is 0 Å². The number of rotatable bonds is 4. The number of phenolic OH excluding ortho intramolecular Hbond substituents is 1. The number of nitrogens with zero attached hydrogens (tertiary/aromatic N) is 1. The highest BCUT2D eigenvalue weighted by Crippen LogP contribution is 2.25. The molecule has 0 aromatic heterocycles. The Kier molecular flexibility index (Phi) is 4.94. The second-order valence-corrected chi connectivity index (χ2v) is 4.99. The molecule has 0 bridgehead atoms. The van der Waals surface area contributed by atoms with E-state index in [1.165, 1.54) is 6.21 Å². The molecule has 108 valence electrons. The fraction of sp³-hybridized carbons (Fsp3) is 0.0667. The molecule has 0 aliphatic heterocycles. The minimum atomic E-state index is -0.326. The number of nitrogens with one attached hydrogen (secondary N) is 1. The summed E-state index contributed by atoms with van der Waals surface area (Å²) in [6, 6.07) is 11.5. The summed E-state index contributed by atoms with van der Waals surface area (Å²) in [5, 5.41) is 13.0. The normalized spacial score (nSPS) is 10.6. The summed E-state index contributed by atoms with van der Waals surface area (Å²) in [6.07, 6.45) is 1.50. The van der Waals surface area contributed by atoms with Crippen LogP contribution >= 0.6 is 15.9 Å². The van der Waals surface area contributed by atoms with E-state index in [0.29, 0.717) is 15.8 Å². The van der Waals surface area contributed by atoms with Gasteiger partial charge in [-0.2, -0.15) is 5.10 Å². The molecule has 2 N–H and O–H groups in total. The Morgan fingerprint density at radius 1 is 1.29 bits per heavy atom. The highest BCUT2D eigenvalue weighted by atomic mass is 79.9. The summed E-state index contributed by atoms with van der Waals surface area (Å²) in [5.74, 6) is 0.506. The SMILES string of the molecule is COc1ccc(C(=O)NN=Cc2ccc(O)cc2)cc1Br. The number of hydrazone groups is 1. The van der Waals surface area contributed by atoms with Crippen molar-refractivity contribution in [2.24, 2.45) is 5.10 Å². The van der Waals surface area contributed by atoms with Crippen molar-refractivity contribution in [3.8, 4) is 11.5 Å². The van der Waals surface area contributed by atoms with Gasteiger partial charge in [-0.15, -0.1) is 0 Å². The third kappa shape index (κ3) is 4.06. The van der Waals surface area contributed by atoms with Crippen LogP contribution in [0.5, 0.6) is 11.5 Å². The maximum atomic E-state index is 11.9. The topological polar surface area (TPSA) is 70.9 Å². The molecule has 0 unspecified atom stereocenters. The van der Waals surface area contributed by atoms with E-state index in [1.54, 1.807) is 49.6 Å². The second-order valence-electron chi connectivity index (χ2n) is 4.14. The van der Waals surface area contributed by atoms with Crippen molar-refractivity contribution >= 4 is 28.1 Å². The molecule has 1 amide bonds. The highest BCUT2D eigenvalue weighted by molar-refractivity contribution is 9.10. The molecule has 21 heavy (non-hydrogen) atoms. The molecular weight excluding hydrogens is 336 g/mol. The lowest BCUT2D eigenvalue weighted by Crippen LogP contribution is -2.17. The Hall–Kier alpha value is -2.34. The van der Waals surface area contributed by atoms with Gasteiger partial charge in [0.2, 0.25) is 0 Å². The Balaban J connectivity index is 2.01. The minimum absolute atomic E-state index is 0.180. The van der Waals surface area contributed by atoms with Crippen molar-refractivity contribution in [1.29, 1.82) is 0 Å². The van der Waals surface area contributed by atoms with E-state index >= 15 is 0 Å². The molecule has 0 aliphatic rings. The van der Waals surface area contributed by atoms with Crippen molar-refractivity contribution in [2.75, 3.05) is 7.11 Å². The Labute approximate surface area is 130 Å². The van der Waals surface area contributed by atoms with Gasteiger partial charge in [-0.25, -0.2) is 5.43 Å². The first-order valence-corrected chi connectivity index (χ1v) is 6.85. The maximum Gasteiger partial charge on any atom is 0.271 e. The number of carbonyl (C=O) groups excluding carboxylic acids is 1. The zero-order valence-electron chi connectivity index (χ0n) is 11.2. The molecular formula is C15H13BrN2O3. The van der Waals surface area contributed by atoms with Crippen LogP contribution < -0.4 is 10.2 Å². The predicted octanol–water partition coefficient (Wildman–Crippen LogP) is 2.93. The Morgan fingerprint density at radius 3 is 2.62 bits per heavy atom. The van der Waals surface area contributed by atoms with Gasteiger partial charge in [0.1, 0.15) is 11.5 Å². The molecule has 5 nitrogen and oxygen atoms in total. The number of benzene rings is 2. The van der Waals surface area contributed by atoms with E-state index in [4.69, 9.17) is 9.84 Å². The number of amides is 1. The molecule has 0 spiro atoms. The van der Waals surface area contributed by atoms with Crippen LogP contribution in [0.3, 0.4) is 0 Å². The van der Waals surface area contributed by atoms with Crippen molar-refractivity contribution in [1.82, 2.24) is 5.43 Å². The van der Waals surface area contributed by atoms with Gasteiger partial charge in [-0.1, -0.05) is 0 Å². The van der Waals surface area contributed by atoms with Crippen LogP contribution in [0.4, 0.5) is 0 Å². The standard InChI is InChI=1S/C15H13BrN2O3/c1-21-14-7-4-11(8-13(14)16)15(20)18-17-9-10-2-5-12(19)6-3-10/h2-9,19H,1H3,(H,18,20). The first kappa shape index (κ1) is 15.1. The Bertz CT molecular complexity index is 669. The van der Waals surface area contributed by atoms with Gasteiger partial charge in [0.25, 0.3) is 5.91 Å². The van der Waals surface area contributed by atoms with Crippen LogP contribution in [-0.2, 0) is 0 Å². The lowest BCUT2D eigenvalue weighted by molar-refractivity contribution is 0.0955. The first-order chi connectivity index (χ1) is 10.1. The van der Waals surface area contributed by atoms with Crippen LogP contribution in [0.2, 0.25) is 0 Å². The second kappa shape index (κ2) is 6.90. The molecule has 0 saturated heterocycles. The molecule has 0 aliphatic carbocycles. The molecule has 0 saturated carbocycles. The van der Waals surface area contributed by atoms with Crippen LogP contribution in [0, 0.1) is 0 Å². The highest BCUT2D eigenvalue weighted by Gasteiger charge is 2.07. The van der Waals surface area contributed by atoms with E-state index < -0.39 is 0 Å². The number of methoxy groups -OCH3 is 1. The molecule has 6 heteroatoms. The number of hydrogen-bond donors (Lipinski definition) is 2.